The fourth-order valence-electron chi connectivity index (χ4n) is 3.04. The molecule has 1 heterocycles. The van der Waals surface area contributed by atoms with E-state index < -0.39 is 5.91 Å². The van der Waals surface area contributed by atoms with Crippen molar-refractivity contribution in [2.75, 3.05) is 0 Å². The van der Waals surface area contributed by atoms with Gasteiger partial charge < -0.3 is 11.1 Å². The molecule has 122 valence electrons. The van der Waals surface area contributed by atoms with E-state index in [-0.39, 0.29) is 11.3 Å². The van der Waals surface area contributed by atoms with E-state index in [0.29, 0.717) is 11.1 Å². The summed E-state index contributed by atoms with van der Waals surface area (Å²) in [6.07, 6.45) is 2.37. The lowest BCUT2D eigenvalue weighted by Crippen LogP contribution is -2.44. The van der Waals surface area contributed by atoms with Crippen LogP contribution in [0.25, 0.3) is 5.70 Å². The minimum absolute atomic E-state index is 0.0549. The van der Waals surface area contributed by atoms with Crippen LogP contribution in [0.3, 0.4) is 0 Å². The molecule has 0 fully saturated rings. The largest absolute Gasteiger partial charge is 0.379 e. The van der Waals surface area contributed by atoms with Gasteiger partial charge in [0.25, 0.3) is 0 Å². The van der Waals surface area contributed by atoms with Crippen LogP contribution < -0.4 is 11.1 Å². The first-order valence-corrected chi connectivity index (χ1v) is 7.88. The molecule has 1 amide bonds. The quantitative estimate of drug-likeness (QED) is 0.674. The molecule has 0 spiro atoms. The topological polar surface area (TPSA) is 72.2 Å². The molecule has 0 saturated carbocycles. The van der Waals surface area contributed by atoms with E-state index in [4.69, 9.17) is 5.73 Å². The molecule has 24 heavy (non-hydrogen) atoms. The molecule has 0 atom stereocenters. The van der Waals surface area contributed by atoms with Gasteiger partial charge in [-0.15, -0.1) is 0 Å². The molecule has 0 saturated heterocycles. The molecule has 0 bridgehead atoms. The van der Waals surface area contributed by atoms with Crippen LogP contribution in [0.4, 0.5) is 0 Å². The van der Waals surface area contributed by atoms with Crippen LogP contribution in [-0.2, 0) is 6.42 Å². The first kappa shape index (κ1) is 16.0. The number of carbonyl (C=O) groups excluding carboxylic acids is 2. The number of primary amides is 1. The van der Waals surface area contributed by atoms with Crippen molar-refractivity contribution in [3.8, 4) is 0 Å². The molecule has 3 rings (SSSR count). The van der Waals surface area contributed by atoms with Gasteiger partial charge in [0.1, 0.15) is 0 Å². The number of fused-ring (bicyclic) bond motifs is 1. The maximum absolute atomic E-state index is 12.5. The van der Waals surface area contributed by atoms with Gasteiger partial charge in [0.15, 0.2) is 5.78 Å². The zero-order valence-corrected chi connectivity index (χ0v) is 13.8. The van der Waals surface area contributed by atoms with Crippen LogP contribution in [0, 0.1) is 0 Å². The van der Waals surface area contributed by atoms with E-state index in [1.165, 1.54) is 0 Å². The van der Waals surface area contributed by atoms with Crippen molar-refractivity contribution in [1.29, 1.82) is 0 Å². The van der Waals surface area contributed by atoms with E-state index in [2.05, 4.69) is 19.2 Å². The minimum atomic E-state index is -0.444. The summed E-state index contributed by atoms with van der Waals surface area (Å²) < 4.78 is 0. The number of rotatable bonds is 3. The highest BCUT2D eigenvalue weighted by atomic mass is 16.1. The predicted molar refractivity (Wildman–Crippen MR) is 94.6 cm³/mol. The Hall–Kier alpha value is -2.88. The second-order valence-corrected chi connectivity index (χ2v) is 6.71. The van der Waals surface area contributed by atoms with Gasteiger partial charge in [-0.05, 0) is 38.0 Å². The van der Waals surface area contributed by atoms with Crippen LogP contribution in [0.1, 0.15) is 45.7 Å². The fraction of sp³-hybridized carbons (Fsp3) is 0.200. The number of nitrogens with one attached hydrogen (secondary N) is 1. The Balaban J connectivity index is 2.05. The number of hydrogen-bond acceptors (Lipinski definition) is 3. The van der Waals surface area contributed by atoms with E-state index >= 15 is 0 Å². The van der Waals surface area contributed by atoms with Crippen molar-refractivity contribution in [3.63, 3.8) is 0 Å². The summed E-state index contributed by atoms with van der Waals surface area (Å²) in [5.41, 5.74) is 9.02. The SMILES string of the molecule is CC1(C)Cc2cc(C(N)=O)ccc2C(=CC(=O)c2ccccc2)N1. The Bertz CT molecular complexity index is 836. The summed E-state index contributed by atoms with van der Waals surface area (Å²) in [4.78, 5) is 23.9. The van der Waals surface area contributed by atoms with Gasteiger partial charge in [-0.25, -0.2) is 0 Å². The lowest BCUT2D eigenvalue weighted by Gasteiger charge is -2.35. The molecule has 0 aliphatic carbocycles. The molecule has 1 aliphatic heterocycles. The number of benzene rings is 2. The summed E-state index contributed by atoms with van der Waals surface area (Å²) >= 11 is 0. The van der Waals surface area contributed by atoms with Crippen molar-refractivity contribution in [2.24, 2.45) is 5.73 Å². The predicted octanol–water partition coefficient (Wildman–Crippen LogP) is 2.93. The average molecular weight is 320 g/mol. The highest BCUT2D eigenvalue weighted by molar-refractivity contribution is 6.08. The van der Waals surface area contributed by atoms with Crippen molar-refractivity contribution >= 4 is 17.4 Å². The molecule has 4 nitrogen and oxygen atoms in total. The smallest absolute Gasteiger partial charge is 0.248 e. The number of amides is 1. The van der Waals surface area contributed by atoms with Gasteiger partial charge in [-0.3, -0.25) is 9.59 Å². The van der Waals surface area contributed by atoms with E-state index in [1.807, 2.05) is 30.3 Å². The van der Waals surface area contributed by atoms with Gasteiger partial charge in [0.05, 0.1) is 0 Å². The number of ketones is 1. The second kappa shape index (κ2) is 5.96. The first-order chi connectivity index (χ1) is 11.4. The average Bonchev–Trinajstić information content (AvgIpc) is 2.54. The summed E-state index contributed by atoms with van der Waals surface area (Å²) in [6, 6.07) is 14.5. The Morgan fingerprint density at radius 2 is 1.79 bits per heavy atom. The summed E-state index contributed by atoms with van der Waals surface area (Å²) in [6.45, 7) is 4.13. The second-order valence-electron chi connectivity index (χ2n) is 6.71. The number of carbonyl (C=O) groups is 2. The monoisotopic (exact) mass is 320 g/mol. The Morgan fingerprint density at radius 1 is 1.08 bits per heavy atom. The Kier molecular flexibility index (Phi) is 3.97. The van der Waals surface area contributed by atoms with Gasteiger partial charge in [-0.2, -0.15) is 0 Å². The number of nitrogens with two attached hydrogens (primary N) is 1. The van der Waals surface area contributed by atoms with Crippen LogP contribution in [0.2, 0.25) is 0 Å². The minimum Gasteiger partial charge on any atom is -0.379 e. The van der Waals surface area contributed by atoms with Crippen LogP contribution >= 0.6 is 0 Å². The third-order valence-electron chi connectivity index (χ3n) is 4.12. The maximum Gasteiger partial charge on any atom is 0.248 e. The third kappa shape index (κ3) is 3.23. The summed E-state index contributed by atoms with van der Waals surface area (Å²) in [5, 5.41) is 3.42. The van der Waals surface area contributed by atoms with E-state index in [0.717, 1.165) is 23.2 Å². The Morgan fingerprint density at radius 3 is 2.46 bits per heavy atom. The molecule has 2 aromatic rings. The molecule has 0 unspecified atom stereocenters. The standard InChI is InChI=1S/C20H20N2O2/c1-20(2)12-15-10-14(19(21)24)8-9-16(15)17(22-20)11-18(23)13-6-4-3-5-7-13/h3-11,22H,12H2,1-2H3,(H2,21,24). The van der Waals surface area contributed by atoms with Gasteiger partial charge in [0, 0.05) is 34.0 Å². The molecule has 3 N–H and O–H groups in total. The zero-order valence-electron chi connectivity index (χ0n) is 13.8. The van der Waals surface area contributed by atoms with Crippen molar-refractivity contribution in [3.05, 3.63) is 76.9 Å². The van der Waals surface area contributed by atoms with Crippen LogP contribution in [-0.4, -0.2) is 17.2 Å². The number of hydrogen-bond donors (Lipinski definition) is 2. The lowest BCUT2D eigenvalue weighted by atomic mass is 9.84. The van der Waals surface area contributed by atoms with Crippen molar-refractivity contribution in [2.45, 2.75) is 25.8 Å². The molecular formula is C20H20N2O2. The molecule has 0 radical (unpaired) electrons. The highest BCUT2D eigenvalue weighted by Crippen LogP contribution is 2.30. The van der Waals surface area contributed by atoms with Gasteiger partial charge in [0.2, 0.25) is 5.91 Å². The van der Waals surface area contributed by atoms with E-state index in [9.17, 15) is 9.59 Å². The maximum atomic E-state index is 12.5. The zero-order chi connectivity index (χ0) is 17.3. The third-order valence-corrected chi connectivity index (χ3v) is 4.12. The van der Waals surface area contributed by atoms with Gasteiger partial charge in [-0.1, -0.05) is 36.4 Å². The molecule has 4 heteroatoms. The first-order valence-electron chi connectivity index (χ1n) is 7.88. The summed E-state index contributed by atoms with van der Waals surface area (Å²) in [7, 11) is 0. The molecule has 2 aromatic carbocycles. The Labute approximate surface area is 141 Å². The number of allylic oxidation sites excluding steroid dienone is 1. The summed E-state index contributed by atoms with van der Waals surface area (Å²) in [5.74, 6) is -0.499. The van der Waals surface area contributed by atoms with E-state index in [1.54, 1.807) is 24.3 Å². The molecule has 0 aromatic heterocycles. The van der Waals surface area contributed by atoms with Crippen LogP contribution in [0.15, 0.2) is 54.6 Å². The molecular weight excluding hydrogens is 300 g/mol. The molecule has 1 aliphatic rings. The normalized spacial score (nSPS) is 17.0. The highest BCUT2D eigenvalue weighted by Gasteiger charge is 2.28. The van der Waals surface area contributed by atoms with Gasteiger partial charge >= 0.3 is 0 Å². The lowest BCUT2D eigenvalue weighted by molar-refractivity contribution is 0.0998. The van der Waals surface area contributed by atoms with Crippen LogP contribution in [0.5, 0.6) is 0 Å². The fourth-order valence-corrected chi connectivity index (χ4v) is 3.04. The van der Waals surface area contributed by atoms with Crippen molar-refractivity contribution < 1.29 is 9.59 Å². The van der Waals surface area contributed by atoms with Crippen molar-refractivity contribution in [1.82, 2.24) is 5.32 Å².